The maximum atomic E-state index is 11.8. The molecule has 0 amide bonds. The summed E-state index contributed by atoms with van der Waals surface area (Å²) < 4.78 is 4.94. The van der Waals surface area contributed by atoms with Gasteiger partial charge in [0.05, 0.1) is 6.61 Å². The Kier molecular flexibility index (Phi) is 5.78. The second kappa shape index (κ2) is 7.11. The highest BCUT2D eigenvalue weighted by Gasteiger charge is 2.35. The SMILES string of the molecule is CCCC(O)(CCc1cccnc1)C(=O)OCC. The number of aryl methyl sites for hydroxylation is 1. The molecule has 0 aliphatic carbocycles. The van der Waals surface area contributed by atoms with Crippen molar-refractivity contribution in [1.82, 2.24) is 4.98 Å². The molecule has 0 aromatic carbocycles. The predicted octanol–water partition coefficient (Wildman–Crippen LogP) is 2.11. The van der Waals surface area contributed by atoms with Gasteiger partial charge in [-0.3, -0.25) is 4.98 Å². The molecule has 1 unspecified atom stereocenters. The molecule has 1 atom stereocenters. The Bertz CT molecular complexity index is 367. The molecule has 0 spiro atoms. The molecule has 1 aromatic heterocycles. The molecule has 0 aliphatic rings. The first-order valence-electron chi connectivity index (χ1n) is 6.41. The van der Waals surface area contributed by atoms with Crippen LogP contribution in [-0.4, -0.2) is 28.3 Å². The van der Waals surface area contributed by atoms with Crippen LogP contribution in [0.15, 0.2) is 24.5 Å². The van der Waals surface area contributed by atoms with E-state index in [0.717, 1.165) is 12.0 Å². The third kappa shape index (κ3) is 4.11. The fourth-order valence-corrected chi connectivity index (χ4v) is 1.91. The number of hydrogen-bond donors (Lipinski definition) is 1. The van der Waals surface area contributed by atoms with Gasteiger partial charge in [-0.15, -0.1) is 0 Å². The molecule has 18 heavy (non-hydrogen) atoms. The van der Waals surface area contributed by atoms with Crippen molar-refractivity contribution in [2.45, 2.75) is 45.1 Å². The maximum Gasteiger partial charge on any atom is 0.338 e. The molecule has 0 radical (unpaired) electrons. The Hall–Kier alpha value is -1.42. The zero-order chi connectivity index (χ0) is 13.4. The minimum Gasteiger partial charge on any atom is -0.464 e. The molecule has 4 heteroatoms. The van der Waals surface area contributed by atoms with Crippen LogP contribution in [0.4, 0.5) is 0 Å². The number of esters is 1. The summed E-state index contributed by atoms with van der Waals surface area (Å²) in [6, 6.07) is 3.78. The van der Waals surface area contributed by atoms with Crippen molar-refractivity contribution in [3.63, 3.8) is 0 Å². The Morgan fingerprint density at radius 2 is 2.22 bits per heavy atom. The molecular formula is C14H21NO3. The van der Waals surface area contributed by atoms with E-state index >= 15 is 0 Å². The summed E-state index contributed by atoms with van der Waals surface area (Å²) in [6.45, 7) is 3.97. The molecule has 1 N–H and O–H groups in total. The number of pyridine rings is 1. The summed E-state index contributed by atoms with van der Waals surface area (Å²) in [5.74, 6) is -0.518. The van der Waals surface area contributed by atoms with Gasteiger partial charge >= 0.3 is 5.97 Å². The minimum atomic E-state index is -1.37. The third-order valence-corrected chi connectivity index (χ3v) is 2.87. The van der Waals surface area contributed by atoms with Gasteiger partial charge in [0.25, 0.3) is 0 Å². The van der Waals surface area contributed by atoms with Crippen LogP contribution in [0.2, 0.25) is 0 Å². The van der Waals surface area contributed by atoms with Crippen molar-refractivity contribution < 1.29 is 14.6 Å². The topological polar surface area (TPSA) is 59.4 Å². The second-order valence-corrected chi connectivity index (χ2v) is 4.36. The molecule has 1 heterocycles. The molecule has 1 rings (SSSR count). The van der Waals surface area contributed by atoms with Gasteiger partial charge in [-0.1, -0.05) is 19.4 Å². The lowest BCUT2D eigenvalue weighted by Gasteiger charge is -2.25. The zero-order valence-corrected chi connectivity index (χ0v) is 11.1. The molecule has 0 aliphatic heterocycles. The smallest absolute Gasteiger partial charge is 0.338 e. The Morgan fingerprint density at radius 3 is 2.78 bits per heavy atom. The lowest BCUT2D eigenvalue weighted by atomic mass is 9.91. The average molecular weight is 251 g/mol. The van der Waals surface area contributed by atoms with Crippen LogP contribution in [0.1, 0.15) is 38.7 Å². The molecule has 1 aromatic rings. The van der Waals surface area contributed by atoms with E-state index in [1.165, 1.54) is 0 Å². The minimum absolute atomic E-state index is 0.289. The third-order valence-electron chi connectivity index (χ3n) is 2.87. The monoisotopic (exact) mass is 251 g/mol. The van der Waals surface area contributed by atoms with Gasteiger partial charge in [0, 0.05) is 12.4 Å². The fraction of sp³-hybridized carbons (Fsp3) is 0.571. The lowest BCUT2D eigenvalue weighted by Crippen LogP contribution is -2.40. The van der Waals surface area contributed by atoms with Crippen molar-refractivity contribution in [2.24, 2.45) is 0 Å². The fourth-order valence-electron chi connectivity index (χ4n) is 1.91. The van der Waals surface area contributed by atoms with Crippen molar-refractivity contribution in [3.05, 3.63) is 30.1 Å². The van der Waals surface area contributed by atoms with E-state index in [1.54, 1.807) is 19.3 Å². The highest BCUT2D eigenvalue weighted by molar-refractivity contribution is 5.79. The molecular weight excluding hydrogens is 230 g/mol. The quantitative estimate of drug-likeness (QED) is 0.754. The average Bonchev–Trinajstić information content (AvgIpc) is 2.38. The number of carbonyl (C=O) groups excluding carboxylic acids is 1. The number of aromatic nitrogens is 1. The van der Waals surface area contributed by atoms with Crippen LogP contribution in [-0.2, 0) is 16.0 Å². The standard InChI is InChI=1S/C14H21NO3/c1-3-8-14(17,13(16)18-4-2)9-7-12-6-5-10-15-11-12/h5-6,10-11,17H,3-4,7-9H2,1-2H3. The molecule has 0 bridgehead atoms. The molecule has 0 saturated heterocycles. The van der Waals surface area contributed by atoms with Gasteiger partial charge in [0.2, 0.25) is 0 Å². The van der Waals surface area contributed by atoms with Gasteiger partial charge in [0.1, 0.15) is 0 Å². The molecule has 0 saturated carbocycles. The number of nitrogens with zero attached hydrogens (tertiary/aromatic N) is 1. The highest BCUT2D eigenvalue weighted by atomic mass is 16.5. The van der Waals surface area contributed by atoms with Gasteiger partial charge < -0.3 is 9.84 Å². The summed E-state index contributed by atoms with van der Waals surface area (Å²) in [6.07, 6.45) is 5.59. The van der Waals surface area contributed by atoms with Crippen molar-refractivity contribution in [3.8, 4) is 0 Å². The zero-order valence-electron chi connectivity index (χ0n) is 11.1. The van der Waals surface area contributed by atoms with E-state index in [0.29, 0.717) is 19.3 Å². The summed E-state index contributed by atoms with van der Waals surface area (Å²) >= 11 is 0. The summed E-state index contributed by atoms with van der Waals surface area (Å²) in [5.41, 5.74) is -0.364. The summed E-state index contributed by atoms with van der Waals surface area (Å²) in [5, 5.41) is 10.4. The first-order valence-corrected chi connectivity index (χ1v) is 6.41. The van der Waals surface area contributed by atoms with Gasteiger partial charge in [-0.05, 0) is 37.8 Å². The van der Waals surface area contributed by atoms with Crippen molar-refractivity contribution in [1.29, 1.82) is 0 Å². The Morgan fingerprint density at radius 1 is 1.44 bits per heavy atom. The van der Waals surface area contributed by atoms with Crippen LogP contribution >= 0.6 is 0 Å². The van der Waals surface area contributed by atoms with Crippen LogP contribution in [0.3, 0.4) is 0 Å². The van der Waals surface area contributed by atoms with Crippen molar-refractivity contribution >= 4 is 5.97 Å². The van der Waals surface area contributed by atoms with E-state index < -0.39 is 11.6 Å². The van der Waals surface area contributed by atoms with E-state index in [2.05, 4.69) is 4.98 Å². The summed E-state index contributed by atoms with van der Waals surface area (Å²) in [4.78, 5) is 15.8. The summed E-state index contributed by atoms with van der Waals surface area (Å²) in [7, 11) is 0. The van der Waals surface area contributed by atoms with E-state index in [9.17, 15) is 9.90 Å². The van der Waals surface area contributed by atoms with Gasteiger partial charge in [0.15, 0.2) is 5.60 Å². The Balaban J connectivity index is 2.65. The number of ether oxygens (including phenoxy) is 1. The molecule has 100 valence electrons. The maximum absolute atomic E-state index is 11.8. The normalized spacial score (nSPS) is 13.9. The second-order valence-electron chi connectivity index (χ2n) is 4.36. The Labute approximate surface area is 108 Å². The molecule has 0 fully saturated rings. The highest BCUT2D eigenvalue weighted by Crippen LogP contribution is 2.22. The predicted molar refractivity (Wildman–Crippen MR) is 69.0 cm³/mol. The van der Waals surface area contributed by atoms with Crippen LogP contribution in [0.5, 0.6) is 0 Å². The van der Waals surface area contributed by atoms with Gasteiger partial charge in [-0.2, -0.15) is 0 Å². The number of aliphatic hydroxyl groups is 1. The number of rotatable bonds is 7. The van der Waals surface area contributed by atoms with Crippen molar-refractivity contribution in [2.75, 3.05) is 6.61 Å². The van der Waals surface area contributed by atoms with E-state index in [-0.39, 0.29) is 6.61 Å². The first kappa shape index (κ1) is 14.6. The van der Waals surface area contributed by atoms with Crippen LogP contribution in [0, 0.1) is 0 Å². The van der Waals surface area contributed by atoms with Crippen LogP contribution in [0.25, 0.3) is 0 Å². The first-order chi connectivity index (χ1) is 8.62. The number of hydrogen-bond acceptors (Lipinski definition) is 4. The number of carbonyl (C=O) groups is 1. The van der Waals surface area contributed by atoms with E-state index in [1.807, 2.05) is 19.1 Å². The van der Waals surface area contributed by atoms with Gasteiger partial charge in [-0.25, -0.2) is 4.79 Å². The lowest BCUT2D eigenvalue weighted by molar-refractivity contribution is -0.166. The molecule has 4 nitrogen and oxygen atoms in total. The largest absolute Gasteiger partial charge is 0.464 e. The van der Waals surface area contributed by atoms with E-state index in [4.69, 9.17) is 4.74 Å². The van der Waals surface area contributed by atoms with Crippen LogP contribution < -0.4 is 0 Å².